The first kappa shape index (κ1) is 13.6. The summed E-state index contributed by atoms with van der Waals surface area (Å²) in [6, 6.07) is 0. The summed E-state index contributed by atoms with van der Waals surface area (Å²) in [4.78, 5) is 0.452. The highest BCUT2D eigenvalue weighted by Crippen LogP contribution is 2.56. The smallest absolute Gasteiger partial charge is 0.134 e. The summed E-state index contributed by atoms with van der Waals surface area (Å²) in [6.45, 7) is 1.99. The van der Waals surface area contributed by atoms with Crippen molar-refractivity contribution >= 4 is 23.0 Å². The molecule has 0 aromatic carbocycles. The molecule has 0 radical (unpaired) electrons. The quantitative estimate of drug-likeness (QED) is 0.843. The molecule has 4 fully saturated rings. The molecule has 4 aliphatic carbocycles. The van der Waals surface area contributed by atoms with Gasteiger partial charge in [0.15, 0.2) is 0 Å². The average Bonchev–Trinajstić information content (AvgIpc) is 2.61. The molecular formula is C16H24N4S. The van der Waals surface area contributed by atoms with Gasteiger partial charge in [0.05, 0.1) is 11.3 Å². The second-order valence-electron chi connectivity index (χ2n) is 7.62. The van der Waals surface area contributed by atoms with Crippen LogP contribution < -0.4 is 11.1 Å². The van der Waals surface area contributed by atoms with E-state index in [1.165, 1.54) is 38.5 Å². The third-order valence-corrected chi connectivity index (χ3v) is 6.09. The molecule has 0 saturated heterocycles. The lowest BCUT2D eigenvalue weighted by Crippen LogP contribution is -2.55. The van der Waals surface area contributed by atoms with Crippen LogP contribution in [-0.2, 0) is 7.05 Å². The second kappa shape index (κ2) is 4.45. The lowest BCUT2D eigenvalue weighted by atomic mass is 9.53. The van der Waals surface area contributed by atoms with Gasteiger partial charge in [-0.15, -0.1) is 0 Å². The number of hydrogen-bond donors (Lipinski definition) is 2. The molecule has 5 heteroatoms. The molecule has 21 heavy (non-hydrogen) atoms. The Labute approximate surface area is 131 Å². The molecule has 1 aromatic rings. The summed E-state index contributed by atoms with van der Waals surface area (Å²) < 4.78 is 1.92. The van der Waals surface area contributed by atoms with Crippen LogP contribution in [0.25, 0.3) is 0 Å². The van der Waals surface area contributed by atoms with Crippen LogP contribution in [0.4, 0.5) is 5.82 Å². The van der Waals surface area contributed by atoms with Gasteiger partial charge in [-0.3, -0.25) is 4.68 Å². The van der Waals surface area contributed by atoms with Gasteiger partial charge in [-0.05, 0) is 63.2 Å². The third-order valence-electron chi connectivity index (χ3n) is 5.89. The molecule has 4 nitrogen and oxygen atoms in total. The van der Waals surface area contributed by atoms with E-state index < -0.39 is 0 Å². The first-order valence-electron chi connectivity index (χ1n) is 8.07. The summed E-state index contributed by atoms with van der Waals surface area (Å²) in [5.41, 5.74) is 8.05. The Balaban J connectivity index is 1.69. The van der Waals surface area contributed by atoms with Gasteiger partial charge >= 0.3 is 0 Å². The van der Waals surface area contributed by atoms with Crippen LogP contribution in [-0.4, -0.2) is 20.3 Å². The molecule has 4 bridgehead atoms. The van der Waals surface area contributed by atoms with Crippen molar-refractivity contribution in [1.29, 1.82) is 0 Å². The highest BCUT2D eigenvalue weighted by Gasteiger charge is 2.51. The van der Waals surface area contributed by atoms with Crippen LogP contribution in [0.5, 0.6) is 0 Å². The van der Waals surface area contributed by atoms with Crippen LogP contribution in [0.15, 0.2) is 0 Å². The SMILES string of the molecule is Cc1nn(C)c(NC23CC4CC(CC(C4)C2)C3)c1C(N)=S. The van der Waals surface area contributed by atoms with Crippen molar-refractivity contribution < 1.29 is 0 Å². The van der Waals surface area contributed by atoms with Crippen molar-refractivity contribution in [3.63, 3.8) is 0 Å². The minimum atomic E-state index is 0.258. The number of aryl methyl sites for hydroxylation is 2. The van der Waals surface area contributed by atoms with Gasteiger partial charge in [-0.2, -0.15) is 5.10 Å². The van der Waals surface area contributed by atoms with Gasteiger partial charge in [0.1, 0.15) is 10.8 Å². The predicted molar refractivity (Wildman–Crippen MR) is 88.4 cm³/mol. The molecule has 0 spiro atoms. The fraction of sp³-hybridized carbons (Fsp3) is 0.750. The molecule has 0 aliphatic heterocycles. The Bertz CT molecular complexity index is 568. The van der Waals surface area contributed by atoms with E-state index >= 15 is 0 Å². The maximum absolute atomic E-state index is 5.93. The number of hydrogen-bond acceptors (Lipinski definition) is 3. The fourth-order valence-corrected chi connectivity index (χ4v) is 5.86. The van der Waals surface area contributed by atoms with Gasteiger partial charge in [-0.25, -0.2) is 0 Å². The van der Waals surface area contributed by atoms with Crippen LogP contribution >= 0.6 is 12.2 Å². The largest absolute Gasteiger partial charge is 0.389 e. The summed E-state index contributed by atoms with van der Waals surface area (Å²) in [5.74, 6) is 3.80. The molecular weight excluding hydrogens is 280 g/mol. The maximum atomic E-state index is 5.93. The zero-order chi connectivity index (χ0) is 14.8. The highest BCUT2D eigenvalue weighted by molar-refractivity contribution is 7.80. The second-order valence-corrected chi connectivity index (χ2v) is 8.06. The van der Waals surface area contributed by atoms with E-state index in [1.54, 1.807) is 0 Å². The van der Waals surface area contributed by atoms with E-state index in [0.29, 0.717) is 4.99 Å². The zero-order valence-corrected chi connectivity index (χ0v) is 13.7. The van der Waals surface area contributed by atoms with Crippen molar-refractivity contribution in [2.75, 3.05) is 5.32 Å². The Morgan fingerprint density at radius 2 is 1.76 bits per heavy atom. The summed E-state index contributed by atoms with van der Waals surface area (Å²) >= 11 is 5.24. The van der Waals surface area contributed by atoms with Crippen LogP contribution in [0.2, 0.25) is 0 Å². The van der Waals surface area contributed by atoms with E-state index in [0.717, 1.165) is 34.8 Å². The van der Waals surface area contributed by atoms with E-state index in [4.69, 9.17) is 18.0 Å². The van der Waals surface area contributed by atoms with E-state index in [-0.39, 0.29) is 5.54 Å². The number of nitrogens with two attached hydrogens (primary N) is 1. The first-order valence-corrected chi connectivity index (χ1v) is 8.48. The number of anilines is 1. The molecule has 4 saturated carbocycles. The minimum Gasteiger partial charge on any atom is -0.389 e. The van der Waals surface area contributed by atoms with Crippen molar-refractivity contribution in [3.8, 4) is 0 Å². The highest BCUT2D eigenvalue weighted by atomic mass is 32.1. The Hall–Kier alpha value is -1.10. The van der Waals surface area contributed by atoms with Gasteiger partial charge in [0.25, 0.3) is 0 Å². The number of aromatic nitrogens is 2. The monoisotopic (exact) mass is 304 g/mol. The van der Waals surface area contributed by atoms with Crippen molar-refractivity contribution in [2.24, 2.45) is 30.5 Å². The Morgan fingerprint density at radius 3 is 2.24 bits per heavy atom. The van der Waals surface area contributed by atoms with Crippen LogP contribution in [0.3, 0.4) is 0 Å². The fourth-order valence-electron chi connectivity index (χ4n) is 5.61. The van der Waals surface area contributed by atoms with Gasteiger partial charge in [0.2, 0.25) is 0 Å². The first-order chi connectivity index (χ1) is 9.96. The standard InChI is InChI=1S/C16H24N4S/c1-9-13(14(17)21)15(20(2)19-9)18-16-6-10-3-11(7-16)5-12(4-10)8-16/h10-12,18H,3-8H2,1-2H3,(H2,17,21). The van der Waals surface area contributed by atoms with E-state index in [9.17, 15) is 0 Å². The third kappa shape index (κ3) is 2.08. The van der Waals surface area contributed by atoms with Gasteiger partial charge < -0.3 is 11.1 Å². The van der Waals surface area contributed by atoms with Gasteiger partial charge in [0, 0.05) is 12.6 Å². The zero-order valence-electron chi connectivity index (χ0n) is 12.9. The van der Waals surface area contributed by atoms with Gasteiger partial charge in [-0.1, -0.05) is 12.2 Å². The summed E-state index contributed by atoms with van der Waals surface area (Å²) in [6.07, 6.45) is 8.27. The summed E-state index contributed by atoms with van der Waals surface area (Å²) in [7, 11) is 1.98. The van der Waals surface area contributed by atoms with Crippen molar-refractivity contribution in [3.05, 3.63) is 11.3 Å². The normalized spacial score (nSPS) is 37.0. The lowest BCUT2D eigenvalue weighted by molar-refractivity contribution is 0.0104. The molecule has 3 N–H and O–H groups in total. The molecule has 0 amide bonds. The number of nitrogens with zero attached hydrogens (tertiary/aromatic N) is 2. The maximum Gasteiger partial charge on any atom is 0.134 e. The molecule has 4 aliphatic rings. The molecule has 1 heterocycles. The van der Waals surface area contributed by atoms with E-state index in [1.807, 2.05) is 18.7 Å². The Kier molecular flexibility index (Phi) is 2.87. The Morgan fingerprint density at radius 1 is 1.24 bits per heavy atom. The number of thiocarbonyl (C=S) groups is 1. The van der Waals surface area contributed by atoms with Crippen molar-refractivity contribution in [2.45, 2.75) is 51.0 Å². The molecule has 114 valence electrons. The van der Waals surface area contributed by atoms with Crippen LogP contribution in [0, 0.1) is 24.7 Å². The molecule has 0 unspecified atom stereocenters. The minimum absolute atomic E-state index is 0.258. The molecule has 5 rings (SSSR count). The van der Waals surface area contributed by atoms with E-state index in [2.05, 4.69) is 10.4 Å². The lowest BCUT2D eigenvalue weighted by Gasteiger charge is -2.57. The number of nitrogens with one attached hydrogen (secondary N) is 1. The predicted octanol–water partition coefficient (Wildman–Crippen LogP) is 2.74. The number of rotatable bonds is 3. The molecule has 0 atom stereocenters. The average molecular weight is 304 g/mol. The molecule has 1 aromatic heterocycles. The van der Waals surface area contributed by atoms with Crippen molar-refractivity contribution in [1.82, 2.24) is 9.78 Å². The topological polar surface area (TPSA) is 55.9 Å². The van der Waals surface area contributed by atoms with Crippen LogP contribution in [0.1, 0.15) is 49.8 Å². The summed E-state index contributed by atoms with van der Waals surface area (Å²) in [5, 5.41) is 8.38.